The summed E-state index contributed by atoms with van der Waals surface area (Å²) >= 11 is 1.54. The monoisotopic (exact) mass is 197 g/mol. The van der Waals surface area contributed by atoms with Gasteiger partial charge in [-0.1, -0.05) is 6.92 Å². The molecule has 0 aliphatic carbocycles. The van der Waals surface area contributed by atoms with E-state index in [4.69, 9.17) is 5.11 Å². The fraction of sp³-hybridized carbons (Fsp3) is 0.333. The molecule has 0 bridgehead atoms. The standard InChI is InChI=1S/C9H11NO2S/c1-2-3-8-10-6-7(13-8)4-5-9(11)12/h4-6H,2-3H2,1H3,(H,11,12)/b5-4+. The van der Waals surface area contributed by atoms with Crippen LogP contribution in [0.25, 0.3) is 6.08 Å². The molecule has 1 aromatic rings. The van der Waals surface area contributed by atoms with Gasteiger partial charge in [-0.2, -0.15) is 0 Å². The number of carboxylic acid groups (broad SMARTS) is 1. The smallest absolute Gasteiger partial charge is 0.328 e. The maximum Gasteiger partial charge on any atom is 0.328 e. The van der Waals surface area contributed by atoms with Gasteiger partial charge < -0.3 is 5.11 Å². The summed E-state index contributed by atoms with van der Waals surface area (Å²) in [6.45, 7) is 2.09. The van der Waals surface area contributed by atoms with E-state index in [1.807, 2.05) is 0 Å². The largest absolute Gasteiger partial charge is 0.478 e. The first-order chi connectivity index (χ1) is 6.22. The molecule has 1 N–H and O–H groups in total. The van der Waals surface area contributed by atoms with Crippen molar-refractivity contribution in [2.75, 3.05) is 0 Å². The highest BCUT2D eigenvalue weighted by atomic mass is 32.1. The number of aliphatic carboxylic acids is 1. The fourth-order valence-corrected chi connectivity index (χ4v) is 1.81. The van der Waals surface area contributed by atoms with Crippen LogP contribution in [0.5, 0.6) is 0 Å². The van der Waals surface area contributed by atoms with Crippen LogP contribution in [0.1, 0.15) is 23.2 Å². The molecule has 0 aliphatic rings. The molecule has 3 nitrogen and oxygen atoms in total. The summed E-state index contributed by atoms with van der Waals surface area (Å²) < 4.78 is 0. The van der Waals surface area contributed by atoms with E-state index in [0.29, 0.717) is 0 Å². The van der Waals surface area contributed by atoms with E-state index in [9.17, 15) is 4.79 Å². The van der Waals surface area contributed by atoms with Crippen molar-refractivity contribution in [2.45, 2.75) is 19.8 Å². The molecule has 0 unspecified atom stereocenters. The van der Waals surface area contributed by atoms with E-state index < -0.39 is 5.97 Å². The summed E-state index contributed by atoms with van der Waals surface area (Å²) in [5.74, 6) is -0.926. The van der Waals surface area contributed by atoms with Gasteiger partial charge in [-0.25, -0.2) is 9.78 Å². The summed E-state index contributed by atoms with van der Waals surface area (Å²) in [6, 6.07) is 0. The van der Waals surface area contributed by atoms with Crippen LogP contribution in [0.2, 0.25) is 0 Å². The van der Waals surface area contributed by atoms with Crippen LogP contribution in [0.3, 0.4) is 0 Å². The molecule has 0 spiro atoms. The van der Waals surface area contributed by atoms with Gasteiger partial charge in [0.25, 0.3) is 0 Å². The molecule has 0 saturated carbocycles. The quantitative estimate of drug-likeness (QED) is 0.753. The first-order valence-corrected chi connectivity index (χ1v) is 4.89. The van der Waals surface area contributed by atoms with E-state index in [1.54, 1.807) is 12.3 Å². The second kappa shape index (κ2) is 4.77. The molecule has 0 amide bonds. The average molecular weight is 197 g/mol. The Morgan fingerprint density at radius 1 is 1.77 bits per heavy atom. The maximum absolute atomic E-state index is 10.2. The zero-order valence-electron chi connectivity index (χ0n) is 7.36. The molecule has 0 saturated heterocycles. The predicted octanol–water partition coefficient (Wildman–Crippen LogP) is 2.19. The van der Waals surface area contributed by atoms with Crippen molar-refractivity contribution in [3.05, 3.63) is 22.2 Å². The summed E-state index contributed by atoms with van der Waals surface area (Å²) in [7, 11) is 0. The summed E-state index contributed by atoms with van der Waals surface area (Å²) in [6.07, 6.45) is 6.43. The van der Waals surface area contributed by atoms with E-state index in [-0.39, 0.29) is 0 Å². The van der Waals surface area contributed by atoms with E-state index in [2.05, 4.69) is 11.9 Å². The molecule has 0 aliphatic heterocycles. The number of carbonyl (C=O) groups is 1. The van der Waals surface area contributed by atoms with Crippen molar-refractivity contribution in [1.29, 1.82) is 0 Å². The summed E-state index contributed by atoms with van der Waals surface area (Å²) in [5.41, 5.74) is 0. The number of thiazole rings is 1. The summed E-state index contributed by atoms with van der Waals surface area (Å²) in [5, 5.41) is 9.44. The van der Waals surface area contributed by atoms with Crippen LogP contribution in [0, 0.1) is 0 Å². The van der Waals surface area contributed by atoms with Crippen molar-refractivity contribution < 1.29 is 9.90 Å². The first kappa shape index (κ1) is 9.92. The number of aromatic nitrogens is 1. The van der Waals surface area contributed by atoms with Crippen LogP contribution in [-0.2, 0) is 11.2 Å². The number of nitrogens with zero attached hydrogens (tertiary/aromatic N) is 1. The van der Waals surface area contributed by atoms with E-state index >= 15 is 0 Å². The molecule has 0 radical (unpaired) electrons. The molecule has 0 aromatic carbocycles. The van der Waals surface area contributed by atoms with Crippen LogP contribution < -0.4 is 0 Å². The minimum Gasteiger partial charge on any atom is -0.478 e. The molecule has 13 heavy (non-hydrogen) atoms. The molecule has 1 rings (SSSR count). The maximum atomic E-state index is 10.2. The molecule has 0 fully saturated rings. The lowest BCUT2D eigenvalue weighted by molar-refractivity contribution is -0.131. The van der Waals surface area contributed by atoms with Crippen molar-refractivity contribution in [3.8, 4) is 0 Å². The Morgan fingerprint density at radius 3 is 3.15 bits per heavy atom. The Balaban J connectivity index is 2.63. The highest BCUT2D eigenvalue weighted by Crippen LogP contribution is 2.15. The SMILES string of the molecule is CCCc1ncc(/C=C/C(=O)O)s1. The topological polar surface area (TPSA) is 50.2 Å². The van der Waals surface area contributed by atoms with Crippen molar-refractivity contribution in [3.63, 3.8) is 0 Å². The predicted molar refractivity (Wildman–Crippen MR) is 52.8 cm³/mol. The third-order valence-electron chi connectivity index (χ3n) is 1.43. The lowest BCUT2D eigenvalue weighted by Gasteiger charge is -1.85. The minimum atomic E-state index is -0.926. The van der Waals surface area contributed by atoms with Crippen molar-refractivity contribution in [1.82, 2.24) is 4.98 Å². The van der Waals surface area contributed by atoms with Gasteiger partial charge in [0.05, 0.1) is 5.01 Å². The van der Waals surface area contributed by atoms with Gasteiger partial charge >= 0.3 is 5.97 Å². The molecule has 4 heteroatoms. The number of hydrogen-bond donors (Lipinski definition) is 1. The third kappa shape index (κ3) is 3.38. The molecular weight excluding hydrogens is 186 g/mol. The van der Waals surface area contributed by atoms with Gasteiger partial charge in [-0.15, -0.1) is 11.3 Å². The van der Waals surface area contributed by atoms with Gasteiger partial charge in [0.15, 0.2) is 0 Å². The Bertz CT molecular complexity index is 317. The highest BCUT2D eigenvalue weighted by molar-refractivity contribution is 7.12. The van der Waals surface area contributed by atoms with Gasteiger partial charge in [-0.05, 0) is 18.9 Å². The van der Waals surface area contributed by atoms with E-state index in [1.165, 1.54) is 11.3 Å². The Kier molecular flexibility index (Phi) is 3.64. The van der Waals surface area contributed by atoms with Crippen molar-refractivity contribution >= 4 is 23.4 Å². The van der Waals surface area contributed by atoms with Gasteiger partial charge in [-0.3, -0.25) is 0 Å². The third-order valence-corrected chi connectivity index (χ3v) is 2.45. The Hall–Kier alpha value is -1.16. The molecule has 70 valence electrons. The van der Waals surface area contributed by atoms with Gasteiger partial charge in [0.1, 0.15) is 0 Å². The molecular formula is C9H11NO2S. The van der Waals surface area contributed by atoms with Crippen LogP contribution in [0.15, 0.2) is 12.3 Å². The molecule has 1 heterocycles. The molecule has 0 atom stereocenters. The van der Waals surface area contributed by atoms with E-state index in [0.717, 1.165) is 28.8 Å². The lowest BCUT2D eigenvalue weighted by atomic mass is 10.4. The second-order valence-corrected chi connectivity index (χ2v) is 3.72. The van der Waals surface area contributed by atoms with Crippen molar-refractivity contribution in [2.24, 2.45) is 0 Å². The first-order valence-electron chi connectivity index (χ1n) is 4.08. The molecule has 1 aromatic heterocycles. The highest BCUT2D eigenvalue weighted by Gasteiger charge is 1.97. The number of aryl methyl sites for hydroxylation is 1. The lowest BCUT2D eigenvalue weighted by Crippen LogP contribution is -1.84. The Morgan fingerprint density at radius 2 is 2.54 bits per heavy atom. The van der Waals surface area contributed by atoms with Gasteiger partial charge in [0.2, 0.25) is 0 Å². The Labute approximate surface area is 80.7 Å². The zero-order chi connectivity index (χ0) is 9.68. The minimum absolute atomic E-state index is 0.894. The van der Waals surface area contributed by atoms with Crippen LogP contribution in [-0.4, -0.2) is 16.1 Å². The fourth-order valence-electron chi connectivity index (χ4n) is 0.884. The second-order valence-electron chi connectivity index (χ2n) is 2.58. The average Bonchev–Trinajstić information content (AvgIpc) is 2.50. The number of carboxylic acids is 1. The number of rotatable bonds is 4. The zero-order valence-corrected chi connectivity index (χ0v) is 8.17. The summed E-state index contributed by atoms with van der Waals surface area (Å²) in [4.78, 5) is 15.3. The number of hydrogen-bond acceptors (Lipinski definition) is 3. The van der Waals surface area contributed by atoms with Gasteiger partial charge in [0, 0.05) is 17.2 Å². The normalized spacial score (nSPS) is 10.8. The van der Waals surface area contributed by atoms with Crippen LogP contribution in [0.4, 0.5) is 0 Å². The van der Waals surface area contributed by atoms with Crippen LogP contribution >= 0.6 is 11.3 Å².